The third-order valence-corrected chi connectivity index (χ3v) is 5.90. The van der Waals surface area contributed by atoms with Crippen molar-refractivity contribution in [2.75, 3.05) is 0 Å². The maximum absolute atomic E-state index is 10.2. The normalized spacial score (nSPS) is 18.5. The van der Waals surface area contributed by atoms with Crippen LogP contribution in [0.3, 0.4) is 0 Å². The smallest absolute Gasteiger partial charge is 0.324 e. The molecule has 0 aromatic heterocycles. The molecule has 0 aliphatic rings. The Balaban J connectivity index is 4.35. The Labute approximate surface area is 84.4 Å². The summed E-state index contributed by atoms with van der Waals surface area (Å²) >= 11 is 12.2. The molecule has 0 saturated carbocycles. The third kappa shape index (κ3) is 8.16. The number of rotatable bonds is 4. The van der Waals surface area contributed by atoms with Crippen molar-refractivity contribution in [3.63, 3.8) is 0 Å². The molecule has 0 rings (SSSR count). The van der Waals surface area contributed by atoms with Gasteiger partial charge in [-0.2, -0.15) is 0 Å². The van der Waals surface area contributed by atoms with Gasteiger partial charge in [0.2, 0.25) is 0 Å². The molecule has 1 radical (unpaired) electrons. The Morgan fingerprint density at radius 1 is 1.42 bits per heavy atom. The molecule has 0 heterocycles. The van der Waals surface area contributed by atoms with Crippen molar-refractivity contribution < 1.29 is 27.9 Å². The monoisotopic (exact) mass is 289 g/mol. The molecule has 12 heavy (non-hydrogen) atoms. The second-order valence-electron chi connectivity index (χ2n) is 1.36. The molecule has 0 fully saturated rings. The van der Waals surface area contributed by atoms with Crippen LogP contribution >= 0.6 is 32.9 Å². The Morgan fingerprint density at radius 2 is 1.83 bits per heavy atom. The summed E-state index contributed by atoms with van der Waals surface area (Å²) in [5.41, 5.74) is 0. The lowest BCUT2D eigenvalue weighted by Crippen LogP contribution is -1.86. The summed E-state index contributed by atoms with van der Waals surface area (Å²) in [4.78, 5) is 25.4. The molecule has 2 atom stereocenters. The third-order valence-electron chi connectivity index (χ3n) is 0.383. The molecule has 12 heteroatoms. The lowest BCUT2D eigenvalue weighted by atomic mass is 15.7. The van der Waals surface area contributed by atoms with E-state index < -0.39 is 20.7 Å². The average molecular weight is 289 g/mol. The van der Waals surface area contributed by atoms with Crippen molar-refractivity contribution in [3.8, 4) is 0 Å². The van der Waals surface area contributed by atoms with Crippen LogP contribution in [0.25, 0.3) is 0 Å². The van der Waals surface area contributed by atoms with Gasteiger partial charge in [0.05, 0.1) is 0 Å². The van der Waals surface area contributed by atoms with Crippen molar-refractivity contribution >= 4 is 56.5 Å². The Kier molecular flexibility index (Phi) is 5.49. The summed E-state index contributed by atoms with van der Waals surface area (Å²) in [6.07, 6.45) is -1.74. The zero-order chi connectivity index (χ0) is 9.99. The van der Waals surface area contributed by atoms with Crippen LogP contribution in [-0.4, -0.2) is 14.7 Å². The van der Waals surface area contributed by atoms with Gasteiger partial charge in [-0.15, -0.1) is 0 Å². The highest BCUT2D eigenvalue weighted by atomic mass is 32.9. The van der Waals surface area contributed by atoms with E-state index in [2.05, 4.69) is 44.5 Å². The van der Waals surface area contributed by atoms with Gasteiger partial charge in [-0.25, -0.2) is 13.2 Å². The van der Waals surface area contributed by atoms with E-state index in [9.17, 15) is 4.57 Å². The SMILES string of the molecule is O=P(O)(O)OP(O)(=S)O[P](=S)S. The fourth-order valence-corrected chi connectivity index (χ4v) is 6.32. The second-order valence-corrected chi connectivity index (χ2v) is 9.34. The zero-order valence-corrected chi connectivity index (χ0v) is 10.4. The standard InChI is InChI=1S/H4O6P3S3/c1-8(2,3)6-9(4,12)5-7(10)11/h(H,4,12)(H,10,11)(H2,1,2,3). The van der Waals surface area contributed by atoms with E-state index in [0.717, 1.165) is 0 Å². The lowest BCUT2D eigenvalue weighted by Gasteiger charge is -2.13. The van der Waals surface area contributed by atoms with Crippen LogP contribution in [0.15, 0.2) is 0 Å². The Hall–Kier alpha value is 1.55. The number of hydrogen-bond donors (Lipinski definition) is 4. The van der Waals surface area contributed by atoms with E-state index in [1.807, 2.05) is 0 Å². The van der Waals surface area contributed by atoms with Gasteiger partial charge in [0.25, 0.3) is 0 Å². The minimum atomic E-state index is -4.84. The van der Waals surface area contributed by atoms with Crippen molar-refractivity contribution in [2.45, 2.75) is 0 Å². The molecule has 0 spiro atoms. The summed E-state index contributed by atoms with van der Waals surface area (Å²) < 4.78 is 18.3. The molecule has 0 saturated heterocycles. The van der Waals surface area contributed by atoms with Crippen LogP contribution in [-0.2, 0) is 36.8 Å². The highest BCUT2D eigenvalue weighted by molar-refractivity contribution is 8.55. The summed E-state index contributed by atoms with van der Waals surface area (Å²) in [6, 6.07) is 0. The highest BCUT2D eigenvalue weighted by Gasteiger charge is 2.28. The predicted molar refractivity (Wildman–Crippen MR) is 54.0 cm³/mol. The van der Waals surface area contributed by atoms with Crippen LogP contribution in [0.5, 0.6) is 0 Å². The van der Waals surface area contributed by atoms with E-state index in [1.54, 1.807) is 0 Å². The predicted octanol–water partition coefficient (Wildman–Crippen LogP) is 1.03. The number of hydrogen-bond acceptors (Lipinski definition) is 5. The van der Waals surface area contributed by atoms with Gasteiger partial charge < -0.3 is 14.7 Å². The Morgan fingerprint density at radius 3 is 2.08 bits per heavy atom. The summed E-state index contributed by atoms with van der Waals surface area (Å²) in [5.74, 6) is 0. The first-order chi connectivity index (χ1) is 5.12. The molecule has 0 aliphatic carbocycles. The molecule has 2 unspecified atom stereocenters. The molecule has 0 aromatic carbocycles. The van der Waals surface area contributed by atoms with Crippen molar-refractivity contribution in [3.05, 3.63) is 0 Å². The van der Waals surface area contributed by atoms with Crippen molar-refractivity contribution in [2.24, 2.45) is 0 Å². The summed E-state index contributed by atoms with van der Waals surface area (Å²) in [6.45, 7) is -3.95. The Bertz CT molecular complexity index is 265. The summed E-state index contributed by atoms with van der Waals surface area (Å²) in [7, 11) is -4.84. The van der Waals surface area contributed by atoms with Gasteiger partial charge in [0.15, 0.2) is 0 Å². The van der Waals surface area contributed by atoms with E-state index in [-0.39, 0.29) is 0 Å². The van der Waals surface area contributed by atoms with Crippen LogP contribution in [0.2, 0.25) is 0 Å². The largest absolute Gasteiger partial charge is 0.476 e. The first-order valence-corrected chi connectivity index (χ1v) is 9.62. The van der Waals surface area contributed by atoms with Gasteiger partial charge in [-0.05, 0) is 23.6 Å². The quantitative estimate of drug-likeness (QED) is 0.450. The van der Waals surface area contributed by atoms with Crippen LogP contribution in [0.1, 0.15) is 0 Å². The van der Waals surface area contributed by atoms with E-state index in [4.69, 9.17) is 14.7 Å². The van der Waals surface area contributed by atoms with E-state index in [1.165, 1.54) is 0 Å². The molecule has 73 valence electrons. The van der Waals surface area contributed by atoms with E-state index >= 15 is 0 Å². The number of phosphoric acid groups is 1. The van der Waals surface area contributed by atoms with Gasteiger partial charge in [0, 0.05) is 0 Å². The molecular formula is H4O6P3S3. The maximum Gasteiger partial charge on any atom is 0.476 e. The van der Waals surface area contributed by atoms with Crippen LogP contribution in [0.4, 0.5) is 0 Å². The fraction of sp³-hybridized carbons (Fsp3) is 0. The molecule has 0 aromatic rings. The molecule has 0 aliphatic heterocycles. The van der Waals surface area contributed by atoms with E-state index in [0.29, 0.717) is 0 Å². The van der Waals surface area contributed by atoms with Gasteiger partial charge in [-0.3, -0.25) is 0 Å². The zero-order valence-electron chi connectivity index (χ0n) is 5.17. The first-order valence-electron chi connectivity index (χ1n) is 2.08. The van der Waals surface area contributed by atoms with Crippen molar-refractivity contribution in [1.29, 1.82) is 0 Å². The van der Waals surface area contributed by atoms with Gasteiger partial charge >= 0.3 is 14.5 Å². The van der Waals surface area contributed by atoms with Crippen molar-refractivity contribution in [1.82, 2.24) is 0 Å². The second kappa shape index (κ2) is 4.87. The number of thiol groups is 1. The highest BCUT2D eigenvalue weighted by Crippen LogP contribution is 2.62. The lowest BCUT2D eigenvalue weighted by molar-refractivity contribution is 0.266. The van der Waals surface area contributed by atoms with Crippen LogP contribution in [0, 0.1) is 0 Å². The summed E-state index contributed by atoms with van der Waals surface area (Å²) in [5, 5.41) is 0. The molecule has 0 bridgehead atoms. The van der Waals surface area contributed by atoms with Gasteiger partial charge in [-0.1, -0.05) is 12.2 Å². The molecule has 0 amide bonds. The molecular weight excluding hydrogens is 285 g/mol. The minimum absolute atomic E-state index is 1.74. The maximum atomic E-state index is 10.2. The van der Waals surface area contributed by atoms with Crippen LogP contribution < -0.4 is 0 Å². The van der Waals surface area contributed by atoms with Gasteiger partial charge in [0.1, 0.15) is 6.13 Å². The average Bonchev–Trinajstić information content (AvgIpc) is 1.48. The first kappa shape index (κ1) is 13.5. The minimum Gasteiger partial charge on any atom is -0.324 e. The fourth-order valence-electron chi connectivity index (χ4n) is 0.238. The molecule has 3 N–H and O–H groups in total. The topological polar surface area (TPSA) is 96.2 Å². The molecule has 6 nitrogen and oxygen atoms in total.